The molecule has 0 heterocycles. The van der Waals surface area contributed by atoms with Gasteiger partial charge in [-0.3, -0.25) is 13.9 Å². The minimum Gasteiger partial charge on any atom is -0.355 e. The number of hydrogen-bond acceptors (Lipinski definition) is 4. The second kappa shape index (κ2) is 9.32. The highest BCUT2D eigenvalue weighted by molar-refractivity contribution is 7.92. The topological polar surface area (TPSA) is 83.5 Å². The van der Waals surface area contributed by atoms with Crippen molar-refractivity contribution in [3.05, 3.63) is 65.7 Å². The van der Waals surface area contributed by atoms with E-state index in [4.69, 9.17) is 0 Å². The highest BCUT2D eigenvalue weighted by Crippen LogP contribution is 2.15. The minimum absolute atomic E-state index is 0.00291. The number of amides is 1. The largest absolute Gasteiger partial charge is 0.355 e. The van der Waals surface area contributed by atoms with Crippen LogP contribution in [0.4, 0.5) is 5.69 Å². The van der Waals surface area contributed by atoms with Crippen molar-refractivity contribution in [1.29, 1.82) is 0 Å². The highest BCUT2D eigenvalue weighted by atomic mass is 32.2. The van der Waals surface area contributed by atoms with Gasteiger partial charge in [0.15, 0.2) is 5.78 Å². The number of aryl methyl sites for hydroxylation is 1. The number of anilines is 1. The van der Waals surface area contributed by atoms with Crippen LogP contribution in [0.5, 0.6) is 0 Å². The number of ketones is 1. The van der Waals surface area contributed by atoms with Crippen LogP contribution in [0.15, 0.2) is 54.6 Å². The van der Waals surface area contributed by atoms with Gasteiger partial charge < -0.3 is 5.32 Å². The number of rotatable bonds is 9. The first-order chi connectivity index (χ1) is 12.8. The van der Waals surface area contributed by atoms with Gasteiger partial charge in [0.05, 0.1) is 11.4 Å². The summed E-state index contributed by atoms with van der Waals surface area (Å²) in [6.45, 7) is 1.93. The van der Waals surface area contributed by atoms with Gasteiger partial charge in [0.1, 0.15) is 0 Å². The van der Waals surface area contributed by atoms with Crippen LogP contribution in [-0.2, 0) is 14.8 Å². The third kappa shape index (κ3) is 6.21. The Hall–Kier alpha value is -2.67. The predicted molar refractivity (Wildman–Crippen MR) is 106 cm³/mol. The molecule has 0 atom stereocenters. The van der Waals surface area contributed by atoms with E-state index in [9.17, 15) is 18.0 Å². The first kappa shape index (κ1) is 20.6. The van der Waals surface area contributed by atoms with Crippen LogP contribution in [0.25, 0.3) is 0 Å². The predicted octanol–water partition coefficient (Wildman–Crippen LogP) is 2.54. The number of sulfonamides is 1. The maximum Gasteiger partial charge on any atom is 0.236 e. The van der Waals surface area contributed by atoms with Crippen molar-refractivity contribution in [2.45, 2.75) is 19.8 Å². The van der Waals surface area contributed by atoms with E-state index < -0.39 is 10.0 Å². The first-order valence-corrected chi connectivity index (χ1v) is 10.3. The quantitative estimate of drug-likeness (QED) is 0.669. The molecule has 0 aliphatic carbocycles. The SMILES string of the molecule is Cc1ccc(C(=O)CCC(=O)NCCS(=O)(=O)N(C)c2ccccc2)cc1. The van der Waals surface area contributed by atoms with E-state index in [0.29, 0.717) is 11.3 Å². The third-order valence-corrected chi connectivity index (χ3v) is 5.94. The number of Topliss-reactive ketones (excluding diaryl/α,β-unsaturated/α-hetero) is 1. The fraction of sp³-hybridized carbons (Fsp3) is 0.300. The Morgan fingerprint density at radius 2 is 1.59 bits per heavy atom. The minimum atomic E-state index is -3.54. The van der Waals surface area contributed by atoms with Gasteiger partial charge in [0.2, 0.25) is 15.9 Å². The number of para-hydroxylation sites is 1. The molecule has 0 saturated carbocycles. The summed E-state index contributed by atoms with van der Waals surface area (Å²) in [6, 6.07) is 15.9. The molecular formula is C20H24N2O4S. The Morgan fingerprint density at radius 1 is 0.963 bits per heavy atom. The molecule has 144 valence electrons. The molecule has 2 aromatic carbocycles. The maximum absolute atomic E-state index is 12.3. The van der Waals surface area contributed by atoms with Gasteiger partial charge in [-0.05, 0) is 19.1 Å². The molecule has 0 radical (unpaired) electrons. The van der Waals surface area contributed by atoms with Crippen LogP contribution < -0.4 is 9.62 Å². The molecule has 1 N–H and O–H groups in total. The summed E-state index contributed by atoms with van der Waals surface area (Å²) in [5, 5.41) is 2.56. The van der Waals surface area contributed by atoms with E-state index in [1.807, 2.05) is 25.1 Å². The Labute approximate surface area is 160 Å². The molecule has 2 rings (SSSR count). The molecule has 0 unspecified atom stereocenters. The van der Waals surface area contributed by atoms with Gasteiger partial charge in [-0.15, -0.1) is 0 Å². The average molecular weight is 388 g/mol. The molecule has 0 aliphatic heterocycles. The number of carbonyl (C=O) groups excluding carboxylic acids is 2. The summed E-state index contributed by atoms with van der Waals surface area (Å²) in [6.07, 6.45) is 0.118. The zero-order valence-corrected chi connectivity index (χ0v) is 16.3. The van der Waals surface area contributed by atoms with Crippen LogP contribution >= 0.6 is 0 Å². The van der Waals surface area contributed by atoms with E-state index in [-0.39, 0.29) is 36.8 Å². The van der Waals surface area contributed by atoms with Crippen LogP contribution in [0, 0.1) is 6.92 Å². The lowest BCUT2D eigenvalue weighted by molar-refractivity contribution is -0.120. The zero-order chi connectivity index (χ0) is 19.9. The molecule has 2 aromatic rings. The van der Waals surface area contributed by atoms with Crippen molar-refractivity contribution < 1.29 is 18.0 Å². The molecule has 1 amide bonds. The molecular weight excluding hydrogens is 364 g/mol. The Kier molecular flexibility index (Phi) is 7.12. The van der Waals surface area contributed by atoms with Crippen LogP contribution in [-0.4, -0.2) is 39.5 Å². The van der Waals surface area contributed by atoms with E-state index in [2.05, 4.69) is 5.32 Å². The van der Waals surface area contributed by atoms with Crippen molar-refractivity contribution in [2.75, 3.05) is 23.7 Å². The van der Waals surface area contributed by atoms with Crippen LogP contribution in [0.3, 0.4) is 0 Å². The standard InChI is InChI=1S/C20H24N2O4S/c1-16-8-10-17(11-9-16)19(23)12-13-20(24)21-14-15-27(25,26)22(2)18-6-4-3-5-7-18/h3-11H,12-15H2,1-2H3,(H,21,24). The van der Waals surface area contributed by atoms with Crippen molar-refractivity contribution in [1.82, 2.24) is 5.32 Å². The van der Waals surface area contributed by atoms with Crippen molar-refractivity contribution >= 4 is 27.4 Å². The van der Waals surface area contributed by atoms with Gasteiger partial charge in [-0.25, -0.2) is 8.42 Å². The number of nitrogens with zero attached hydrogens (tertiary/aromatic N) is 1. The van der Waals surface area contributed by atoms with Crippen molar-refractivity contribution in [2.24, 2.45) is 0 Å². The Morgan fingerprint density at radius 3 is 2.22 bits per heavy atom. The van der Waals surface area contributed by atoms with Crippen molar-refractivity contribution in [3.63, 3.8) is 0 Å². The summed E-state index contributed by atoms with van der Waals surface area (Å²) in [4.78, 5) is 23.9. The van der Waals surface area contributed by atoms with Crippen LogP contribution in [0.2, 0.25) is 0 Å². The highest BCUT2D eigenvalue weighted by Gasteiger charge is 2.18. The second-order valence-corrected chi connectivity index (χ2v) is 8.38. The number of carbonyl (C=O) groups is 2. The summed E-state index contributed by atoms with van der Waals surface area (Å²) < 4.78 is 25.8. The molecule has 0 aliphatic rings. The van der Waals surface area contributed by atoms with E-state index >= 15 is 0 Å². The number of nitrogens with one attached hydrogen (secondary N) is 1. The molecule has 0 aromatic heterocycles. The molecule has 27 heavy (non-hydrogen) atoms. The van der Waals surface area contributed by atoms with E-state index in [0.717, 1.165) is 5.56 Å². The van der Waals surface area contributed by atoms with Crippen molar-refractivity contribution in [3.8, 4) is 0 Å². The lowest BCUT2D eigenvalue weighted by Gasteiger charge is -2.19. The molecule has 7 heteroatoms. The van der Waals surface area contributed by atoms with Gasteiger partial charge in [-0.2, -0.15) is 0 Å². The second-order valence-electron chi connectivity index (χ2n) is 6.26. The monoisotopic (exact) mass is 388 g/mol. The normalized spacial score (nSPS) is 11.0. The molecule has 0 spiro atoms. The van der Waals surface area contributed by atoms with E-state index in [1.165, 1.54) is 11.4 Å². The fourth-order valence-corrected chi connectivity index (χ4v) is 3.53. The van der Waals surface area contributed by atoms with Gasteiger partial charge >= 0.3 is 0 Å². The number of benzene rings is 2. The smallest absolute Gasteiger partial charge is 0.236 e. The molecule has 6 nitrogen and oxygen atoms in total. The van der Waals surface area contributed by atoms with Crippen LogP contribution in [0.1, 0.15) is 28.8 Å². The summed E-state index contributed by atoms with van der Waals surface area (Å²) in [7, 11) is -2.06. The summed E-state index contributed by atoms with van der Waals surface area (Å²) in [5.41, 5.74) is 2.19. The van der Waals surface area contributed by atoms with Gasteiger partial charge in [0, 0.05) is 32.0 Å². The first-order valence-electron chi connectivity index (χ1n) is 8.68. The lowest BCUT2D eigenvalue weighted by Crippen LogP contribution is -2.35. The zero-order valence-electron chi connectivity index (χ0n) is 15.5. The molecule has 0 bridgehead atoms. The molecule has 0 fully saturated rings. The lowest BCUT2D eigenvalue weighted by atomic mass is 10.1. The Balaban J connectivity index is 1.76. The maximum atomic E-state index is 12.3. The van der Waals surface area contributed by atoms with Gasteiger partial charge in [-0.1, -0.05) is 48.0 Å². The summed E-state index contributed by atoms with van der Waals surface area (Å²) in [5.74, 6) is -0.662. The molecule has 0 saturated heterocycles. The van der Waals surface area contributed by atoms with Gasteiger partial charge in [0.25, 0.3) is 0 Å². The Bertz CT molecular complexity index is 878. The summed E-state index contributed by atoms with van der Waals surface area (Å²) >= 11 is 0. The van der Waals surface area contributed by atoms with E-state index in [1.54, 1.807) is 36.4 Å². The fourth-order valence-electron chi connectivity index (χ4n) is 2.45. The number of hydrogen-bond donors (Lipinski definition) is 1. The third-order valence-electron chi connectivity index (χ3n) is 4.17. The average Bonchev–Trinajstić information content (AvgIpc) is 2.66.